The maximum atomic E-state index is 12.4. The molecule has 0 spiro atoms. The highest BCUT2D eigenvalue weighted by atomic mass is 32.2. The number of rotatable bonds is 8. The molecule has 118 valence electrons. The lowest BCUT2D eigenvalue weighted by Crippen LogP contribution is -2.35. The Hall–Kier alpha value is -0.910. The lowest BCUT2D eigenvalue weighted by Gasteiger charge is -2.31. The van der Waals surface area contributed by atoms with E-state index in [1.807, 2.05) is 6.07 Å². The van der Waals surface area contributed by atoms with Crippen molar-refractivity contribution in [3.05, 3.63) is 29.8 Å². The van der Waals surface area contributed by atoms with Crippen LogP contribution in [0, 0.1) is 5.92 Å². The zero-order chi connectivity index (χ0) is 15.3. The standard InChI is InChI=1S/C16H26N2O2S/c1-2-18(13-14-5-3-6-14)9-10-21(19,20)16-8-4-7-15(11-16)12-17/h4,7-8,11,14H,2-3,5-6,9-10,12-13,17H2,1H3. The molecule has 0 radical (unpaired) electrons. The summed E-state index contributed by atoms with van der Waals surface area (Å²) < 4.78 is 24.8. The van der Waals surface area contributed by atoms with Gasteiger partial charge in [-0.3, -0.25) is 0 Å². The van der Waals surface area contributed by atoms with Gasteiger partial charge in [0.1, 0.15) is 0 Å². The van der Waals surface area contributed by atoms with Gasteiger partial charge in [-0.25, -0.2) is 8.42 Å². The lowest BCUT2D eigenvalue weighted by atomic mass is 9.85. The quantitative estimate of drug-likeness (QED) is 0.798. The molecule has 21 heavy (non-hydrogen) atoms. The van der Waals surface area contributed by atoms with E-state index in [9.17, 15) is 8.42 Å². The fourth-order valence-corrected chi connectivity index (χ4v) is 4.00. The smallest absolute Gasteiger partial charge is 0.179 e. The molecule has 0 bridgehead atoms. The van der Waals surface area contributed by atoms with Gasteiger partial charge in [0.25, 0.3) is 0 Å². The summed E-state index contributed by atoms with van der Waals surface area (Å²) in [7, 11) is -3.22. The van der Waals surface area contributed by atoms with Crippen LogP contribution in [0.1, 0.15) is 31.7 Å². The Bertz CT molecular complexity index is 553. The normalized spacial score (nSPS) is 16.1. The summed E-state index contributed by atoms with van der Waals surface area (Å²) in [5.41, 5.74) is 6.44. The number of nitrogens with zero attached hydrogens (tertiary/aromatic N) is 1. The van der Waals surface area contributed by atoms with Gasteiger partial charge in [0, 0.05) is 19.6 Å². The molecule has 0 atom stereocenters. The van der Waals surface area contributed by atoms with Crippen LogP contribution in [0.2, 0.25) is 0 Å². The summed E-state index contributed by atoms with van der Waals surface area (Å²) in [6, 6.07) is 6.98. The van der Waals surface area contributed by atoms with Crippen molar-refractivity contribution in [2.75, 3.05) is 25.4 Å². The average molecular weight is 310 g/mol. The van der Waals surface area contributed by atoms with Gasteiger partial charge >= 0.3 is 0 Å². The number of sulfone groups is 1. The van der Waals surface area contributed by atoms with Crippen molar-refractivity contribution in [1.29, 1.82) is 0 Å². The van der Waals surface area contributed by atoms with Gasteiger partial charge in [0.2, 0.25) is 0 Å². The van der Waals surface area contributed by atoms with E-state index in [4.69, 9.17) is 5.73 Å². The molecule has 4 nitrogen and oxygen atoms in total. The third-order valence-electron chi connectivity index (χ3n) is 4.36. The summed E-state index contributed by atoms with van der Waals surface area (Å²) in [4.78, 5) is 2.65. The van der Waals surface area contributed by atoms with Crippen molar-refractivity contribution in [1.82, 2.24) is 4.90 Å². The minimum Gasteiger partial charge on any atom is -0.326 e. The molecule has 5 heteroatoms. The Morgan fingerprint density at radius 2 is 2.10 bits per heavy atom. The molecule has 0 amide bonds. The van der Waals surface area contributed by atoms with Crippen LogP contribution in [0.5, 0.6) is 0 Å². The van der Waals surface area contributed by atoms with E-state index in [1.54, 1.807) is 18.2 Å². The van der Waals surface area contributed by atoms with Crippen LogP contribution >= 0.6 is 0 Å². The molecular formula is C16H26N2O2S. The minimum atomic E-state index is -3.22. The summed E-state index contributed by atoms with van der Waals surface area (Å²) in [5.74, 6) is 0.954. The Kier molecular flexibility index (Phi) is 5.79. The Balaban J connectivity index is 1.95. The minimum absolute atomic E-state index is 0.182. The van der Waals surface area contributed by atoms with Crippen LogP contribution in [-0.4, -0.2) is 38.7 Å². The van der Waals surface area contributed by atoms with Gasteiger partial charge in [-0.15, -0.1) is 0 Å². The van der Waals surface area contributed by atoms with Gasteiger partial charge < -0.3 is 10.6 Å². The second-order valence-corrected chi connectivity index (χ2v) is 7.97. The molecule has 1 fully saturated rings. The highest BCUT2D eigenvalue weighted by molar-refractivity contribution is 7.91. The molecule has 2 N–H and O–H groups in total. The molecule has 1 saturated carbocycles. The molecular weight excluding hydrogens is 284 g/mol. The number of benzene rings is 1. The Morgan fingerprint density at radius 1 is 1.33 bits per heavy atom. The molecule has 2 rings (SSSR count). The van der Waals surface area contributed by atoms with Crippen molar-refractivity contribution in [3.63, 3.8) is 0 Å². The van der Waals surface area contributed by atoms with Crippen LogP contribution in [0.15, 0.2) is 29.2 Å². The largest absolute Gasteiger partial charge is 0.326 e. The molecule has 0 heterocycles. The molecule has 0 aromatic heterocycles. The lowest BCUT2D eigenvalue weighted by molar-refractivity contribution is 0.191. The first-order valence-electron chi connectivity index (χ1n) is 7.79. The Morgan fingerprint density at radius 3 is 2.67 bits per heavy atom. The summed E-state index contributed by atoms with van der Waals surface area (Å²) in [6.45, 7) is 5.03. The number of hydrogen-bond acceptors (Lipinski definition) is 4. The molecule has 1 aliphatic rings. The van der Waals surface area contributed by atoms with Gasteiger partial charge in [0.15, 0.2) is 9.84 Å². The third-order valence-corrected chi connectivity index (χ3v) is 6.05. The number of nitrogens with two attached hydrogens (primary N) is 1. The fraction of sp³-hybridized carbons (Fsp3) is 0.625. The zero-order valence-electron chi connectivity index (χ0n) is 12.8. The van der Waals surface area contributed by atoms with Crippen molar-refractivity contribution in [3.8, 4) is 0 Å². The van der Waals surface area contributed by atoms with E-state index < -0.39 is 9.84 Å². The van der Waals surface area contributed by atoms with E-state index in [0.717, 1.165) is 24.6 Å². The highest BCUT2D eigenvalue weighted by Crippen LogP contribution is 2.27. The van der Waals surface area contributed by atoms with Crippen molar-refractivity contribution < 1.29 is 8.42 Å². The SMILES string of the molecule is CCN(CCS(=O)(=O)c1cccc(CN)c1)CC1CCC1. The maximum Gasteiger partial charge on any atom is 0.179 e. The predicted molar refractivity (Wildman–Crippen MR) is 85.8 cm³/mol. The monoisotopic (exact) mass is 310 g/mol. The first-order chi connectivity index (χ1) is 10.0. The summed E-state index contributed by atoms with van der Waals surface area (Å²) in [6.07, 6.45) is 3.91. The summed E-state index contributed by atoms with van der Waals surface area (Å²) in [5, 5.41) is 0. The van der Waals surface area contributed by atoms with Gasteiger partial charge in [-0.2, -0.15) is 0 Å². The van der Waals surface area contributed by atoms with Crippen molar-refractivity contribution in [2.45, 2.75) is 37.6 Å². The van der Waals surface area contributed by atoms with Crippen molar-refractivity contribution in [2.24, 2.45) is 11.7 Å². The zero-order valence-corrected chi connectivity index (χ0v) is 13.6. The van der Waals surface area contributed by atoms with Crippen molar-refractivity contribution >= 4 is 9.84 Å². The average Bonchev–Trinajstić information content (AvgIpc) is 2.45. The first kappa shape index (κ1) is 16.5. The molecule has 0 saturated heterocycles. The van der Waals surface area contributed by atoms with E-state index >= 15 is 0 Å². The van der Waals surface area contributed by atoms with E-state index in [-0.39, 0.29) is 5.75 Å². The van der Waals surface area contributed by atoms with Gasteiger partial charge in [-0.1, -0.05) is 25.5 Å². The van der Waals surface area contributed by atoms with Crippen LogP contribution in [0.3, 0.4) is 0 Å². The van der Waals surface area contributed by atoms with Gasteiger partial charge in [0.05, 0.1) is 10.6 Å². The number of hydrogen-bond donors (Lipinski definition) is 1. The fourth-order valence-electron chi connectivity index (χ4n) is 2.65. The van der Waals surface area contributed by atoms with Crippen LogP contribution in [0.4, 0.5) is 0 Å². The maximum absolute atomic E-state index is 12.4. The topological polar surface area (TPSA) is 63.4 Å². The molecule has 1 aromatic carbocycles. The molecule has 1 aliphatic carbocycles. The Labute approximate surface area is 128 Å². The molecule has 0 unspecified atom stereocenters. The third kappa shape index (κ3) is 4.53. The summed E-state index contributed by atoms with van der Waals surface area (Å²) >= 11 is 0. The highest BCUT2D eigenvalue weighted by Gasteiger charge is 2.22. The van der Waals surface area contributed by atoms with Gasteiger partial charge in [-0.05, 0) is 43.0 Å². The van der Waals surface area contributed by atoms with Crippen LogP contribution in [-0.2, 0) is 16.4 Å². The molecule has 0 aliphatic heterocycles. The second kappa shape index (κ2) is 7.38. The van der Waals surface area contributed by atoms with Crippen LogP contribution in [0.25, 0.3) is 0 Å². The van der Waals surface area contributed by atoms with E-state index in [2.05, 4.69) is 11.8 Å². The van der Waals surface area contributed by atoms with E-state index in [1.165, 1.54) is 19.3 Å². The first-order valence-corrected chi connectivity index (χ1v) is 9.44. The van der Waals surface area contributed by atoms with E-state index in [0.29, 0.717) is 18.0 Å². The predicted octanol–water partition coefficient (Wildman–Crippen LogP) is 2.04. The van der Waals surface area contributed by atoms with Crippen LogP contribution < -0.4 is 5.73 Å². The second-order valence-electron chi connectivity index (χ2n) is 5.86. The molecule has 1 aromatic rings.